The molecule has 1 unspecified atom stereocenters. The molecule has 3 aromatic rings. The standard InChI is InChI=1S/C21H21Cl3N2O/c1-21(2)20-14(15-10-13(22)4-6-18(15)25-20)7-8-26(21)11-19(27)12-3-5-16(23)17(24)9-12/h3-6,9-10,19,25,27H,7-8,11H2,1-2H3. The van der Waals surface area contributed by atoms with E-state index in [9.17, 15) is 5.11 Å². The zero-order valence-corrected chi connectivity index (χ0v) is 17.5. The molecule has 0 bridgehead atoms. The number of aromatic amines is 1. The van der Waals surface area contributed by atoms with Crippen LogP contribution in [0.3, 0.4) is 0 Å². The molecule has 1 aliphatic heterocycles. The number of hydrogen-bond acceptors (Lipinski definition) is 2. The topological polar surface area (TPSA) is 39.3 Å². The summed E-state index contributed by atoms with van der Waals surface area (Å²) in [7, 11) is 0. The molecular formula is C21H21Cl3N2O. The van der Waals surface area contributed by atoms with E-state index in [0.29, 0.717) is 16.6 Å². The van der Waals surface area contributed by atoms with E-state index >= 15 is 0 Å². The van der Waals surface area contributed by atoms with Crippen LogP contribution >= 0.6 is 34.8 Å². The minimum absolute atomic E-state index is 0.240. The highest BCUT2D eigenvalue weighted by Gasteiger charge is 2.37. The van der Waals surface area contributed by atoms with Gasteiger partial charge >= 0.3 is 0 Å². The predicted octanol–water partition coefficient (Wildman–Crippen LogP) is 5.95. The number of nitrogens with zero attached hydrogens (tertiary/aromatic N) is 1. The first-order valence-corrected chi connectivity index (χ1v) is 10.1. The summed E-state index contributed by atoms with van der Waals surface area (Å²) in [6.07, 6.45) is 0.270. The number of nitrogens with one attached hydrogen (secondary N) is 1. The first-order valence-electron chi connectivity index (χ1n) is 8.96. The molecular weight excluding hydrogens is 403 g/mol. The van der Waals surface area contributed by atoms with Crippen molar-refractivity contribution in [2.45, 2.75) is 31.9 Å². The summed E-state index contributed by atoms with van der Waals surface area (Å²) in [5.41, 5.74) is 4.14. The normalized spacial score (nSPS) is 17.9. The maximum absolute atomic E-state index is 10.8. The summed E-state index contributed by atoms with van der Waals surface area (Å²) in [4.78, 5) is 5.88. The Kier molecular flexibility index (Phi) is 4.94. The Morgan fingerprint density at radius 1 is 1.11 bits per heavy atom. The van der Waals surface area contributed by atoms with Crippen LogP contribution in [0.15, 0.2) is 36.4 Å². The van der Waals surface area contributed by atoms with Crippen LogP contribution in [0.1, 0.15) is 36.8 Å². The second-order valence-corrected chi connectivity index (χ2v) is 8.86. The van der Waals surface area contributed by atoms with Crippen molar-refractivity contribution < 1.29 is 5.11 Å². The van der Waals surface area contributed by atoms with Crippen molar-refractivity contribution in [3.05, 3.63) is 68.3 Å². The highest BCUT2D eigenvalue weighted by Crippen LogP contribution is 2.40. The molecule has 0 saturated carbocycles. The van der Waals surface area contributed by atoms with E-state index in [1.54, 1.807) is 12.1 Å². The Bertz CT molecular complexity index is 1010. The van der Waals surface area contributed by atoms with Gasteiger partial charge in [0.2, 0.25) is 0 Å². The maximum atomic E-state index is 10.8. The zero-order chi connectivity index (χ0) is 19.3. The zero-order valence-electron chi connectivity index (χ0n) is 15.2. The van der Waals surface area contributed by atoms with Crippen LogP contribution in [0.2, 0.25) is 15.1 Å². The largest absolute Gasteiger partial charge is 0.387 e. The van der Waals surface area contributed by atoms with E-state index in [2.05, 4.69) is 23.7 Å². The summed E-state index contributed by atoms with van der Waals surface area (Å²) in [5.74, 6) is 0. The average Bonchev–Trinajstić information content (AvgIpc) is 2.99. The second kappa shape index (κ2) is 6.98. The van der Waals surface area contributed by atoms with Gasteiger partial charge in [0.05, 0.1) is 21.7 Å². The Hall–Kier alpha value is -1.23. The lowest BCUT2D eigenvalue weighted by Crippen LogP contribution is -2.48. The molecule has 4 rings (SSSR count). The molecule has 2 N–H and O–H groups in total. The minimum atomic E-state index is -0.639. The van der Waals surface area contributed by atoms with Gasteiger partial charge in [0.25, 0.3) is 0 Å². The molecule has 0 amide bonds. The highest BCUT2D eigenvalue weighted by atomic mass is 35.5. The summed E-state index contributed by atoms with van der Waals surface area (Å²) < 4.78 is 0. The molecule has 6 heteroatoms. The molecule has 0 radical (unpaired) electrons. The number of halogens is 3. The fourth-order valence-corrected chi connectivity index (χ4v) is 4.52. The van der Waals surface area contributed by atoms with Crippen molar-refractivity contribution in [3.8, 4) is 0 Å². The summed E-state index contributed by atoms with van der Waals surface area (Å²) in [6, 6.07) is 11.3. The van der Waals surface area contributed by atoms with Crippen molar-refractivity contribution in [2.75, 3.05) is 13.1 Å². The van der Waals surface area contributed by atoms with Crippen LogP contribution in [0.5, 0.6) is 0 Å². The van der Waals surface area contributed by atoms with Gasteiger partial charge in [0.1, 0.15) is 0 Å². The van der Waals surface area contributed by atoms with E-state index in [1.165, 1.54) is 16.6 Å². The summed E-state index contributed by atoms with van der Waals surface area (Å²) in [5, 5.41) is 13.7. The van der Waals surface area contributed by atoms with E-state index in [-0.39, 0.29) is 5.54 Å². The minimum Gasteiger partial charge on any atom is -0.387 e. The first kappa shape index (κ1) is 19.1. The Balaban J connectivity index is 1.64. The first-order chi connectivity index (χ1) is 12.8. The molecule has 1 aliphatic rings. The third-order valence-corrected chi connectivity index (χ3v) is 6.60. The number of hydrogen-bond donors (Lipinski definition) is 2. The van der Waals surface area contributed by atoms with Gasteiger partial charge < -0.3 is 10.1 Å². The monoisotopic (exact) mass is 422 g/mol. The van der Waals surface area contributed by atoms with Crippen LogP contribution in [-0.4, -0.2) is 28.1 Å². The van der Waals surface area contributed by atoms with Crippen molar-refractivity contribution in [3.63, 3.8) is 0 Å². The van der Waals surface area contributed by atoms with Gasteiger partial charge in [-0.1, -0.05) is 40.9 Å². The lowest BCUT2D eigenvalue weighted by atomic mass is 9.87. The van der Waals surface area contributed by atoms with Crippen molar-refractivity contribution >= 4 is 45.7 Å². The highest BCUT2D eigenvalue weighted by molar-refractivity contribution is 6.42. The molecule has 2 aromatic carbocycles. The predicted molar refractivity (Wildman–Crippen MR) is 113 cm³/mol. The van der Waals surface area contributed by atoms with Crippen molar-refractivity contribution in [2.24, 2.45) is 0 Å². The SMILES string of the molecule is CC1(C)c2[nH]c3ccc(Cl)cc3c2CCN1CC(O)c1ccc(Cl)c(Cl)c1. The molecule has 1 aromatic heterocycles. The molecule has 27 heavy (non-hydrogen) atoms. The Labute approximate surface area is 173 Å². The number of aliphatic hydroxyl groups excluding tert-OH is 1. The number of aromatic nitrogens is 1. The smallest absolute Gasteiger partial charge is 0.0917 e. The molecule has 0 aliphatic carbocycles. The molecule has 142 valence electrons. The lowest BCUT2D eigenvalue weighted by Gasteiger charge is -2.43. The van der Waals surface area contributed by atoms with Gasteiger partial charge in [-0.25, -0.2) is 0 Å². The number of fused-ring (bicyclic) bond motifs is 3. The maximum Gasteiger partial charge on any atom is 0.0917 e. The molecule has 0 spiro atoms. The Morgan fingerprint density at radius 3 is 2.63 bits per heavy atom. The molecule has 2 heterocycles. The van der Waals surface area contributed by atoms with Gasteiger partial charge in [0, 0.05) is 34.7 Å². The second-order valence-electron chi connectivity index (χ2n) is 7.61. The third-order valence-electron chi connectivity index (χ3n) is 5.62. The fraction of sp³-hybridized carbons (Fsp3) is 0.333. The van der Waals surface area contributed by atoms with Crippen LogP contribution in [0, 0.1) is 0 Å². The number of β-amino-alcohol motifs (C(OH)–C–C–N with tert-alkyl or cyclic N) is 1. The van der Waals surface area contributed by atoms with Crippen LogP contribution in [0.25, 0.3) is 10.9 Å². The Morgan fingerprint density at radius 2 is 1.89 bits per heavy atom. The van der Waals surface area contributed by atoms with Gasteiger partial charge in [-0.05, 0) is 61.7 Å². The molecule has 0 fully saturated rings. The van der Waals surface area contributed by atoms with Gasteiger partial charge in [-0.2, -0.15) is 0 Å². The number of H-pyrrole nitrogens is 1. The van der Waals surface area contributed by atoms with E-state index in [0.717, 1.165) is 29.1 Å². The average molecular weight is 424 g/mol. The van der Waals surface area contributed by atoms with Gasteiger partial charge in [-0.15, -0.1) is 0 Å². The van der Waals surface area contributed by atoms with E-state index in [4.69, 9.17) is 34.8 Å². The fourth-order valence-electron chi connectivity index (χ4n) is 4.04. The summed E-state index contributed by atoms with van der Waals surface area (Å²) >= 11 is 18.3. The molecule has 1 atom stereocenters. The van der Waals surface area contributed by atoms with Crippen LogP contribution in [-0.2, 0) is 12.0 Å². The van der Waals surface area contributed by atoms with Crippen LogP contribution in [0.4, 0.5) is 0 Å². The number of benzene rings is 2. The quantitative estimate of drug-likeness (QED) is 0.546. The van der Waals surface area contributed by atoms with E-state index in [1.807, 2.05) is 24.3 Å². The van der Waals surface area contributed by atoms with Gasteiger partial charge in [0.15, 0.2) is 0 Å². The summed E-state index contributed by atoms with van der Waals surface area (Å²) in [6.45, 7) is 5.74. The molecule has 3 nitrogen and oxygen atoms in total. The van der Waals surface area contributed by atoms with Crippen molar-refractivity contribution in [1.82, 2.24) is 9.88 Å². The number of rotatable bonds is 3. The third kappa shape index (κ3) is 3.37. The van der Waals surface area contributed by atoms with Crippen molar-refractivity contribution in [1.29, 1.82) is 0 Å². The van der Waals surface area contributed by atoms with Crippen LogP contribution < -0.4 is 0 Å². The van der Waals surface area contributed by atoms with Gasteiger partial charge in [-0.3, -0.25) is 4.90 Å². The lowest BCUT2D eigenvalue weighted by molar-refractivity contribution is 0.0398. The number of aliphatic hydroxyl groups is 1. The molecule has 0 saturated heterocycles. The van der Waals surface area contributed by atoms with E-state index < -0.39 is 6.10 Å².